The molecule has 3 N–H and O–H groups in total. The highest BCUT2D eigenvalue weighted by Gasteiger charge is 2.12. The quantitative estimate of drug-likeness (QED) is 0.788. The first-order valence-corrected chi connectivity index (χ1v) is 6.90. The third-order valence-corrected chi connectivity index (χ3v) is 3.60. The highest BCUT2D eigenvalue weighted by molar-refractivity contribution is 5.92. The molecule has 3 rings (SSSR count). The van der Waals surface area contributed by atoms with Gasteiger partial charge in [-0.1, -0.05) is 25.1 Å². The van der Waals surface area contributed by atoms with Crippen molar-refractivity contribution in [3.63, 3.8) is 0 Å². The van der Waals surface area contributed by atoms with Gasteiger partial charge in [0.2, 0.25) is 0 Å². The van der Waals surface area contributed by atoms with Crippen molar-refractivity contribution in [1.29, 1.82) is 0 Å². The van der Waals surface area contributed by atoms with Crippen LogP contribution in [0.4, 0.5) is 0 Å². The number of amides is 1. The summed E-state index contributed by atoms with van der Waals surface area (Å²) in [6.45, 7) is 4.40. The van der Waals surface area contributed by atoms with E-state index in [0.29, 0.717) is 12.2 Å². The molecule has 0 bridgehead atoms. The zero-order valence-electron chi connectivity index (χ0n) is 11.5. The molecule has 0 spiro atoms. The fourth-order valence-electron chi connectivity index (χ4n) is 2.39. The number of nitrogens with zero attached hydrogens (tertiary/aromatic N) is 1. The van der Waals surface area contributed by atoms with Crippen LogP contribution < -0.4 is 10.6 Å². The van der Waals surface area contributed by atoms with Gasteiger partial charge in [0.15, 0.2) is 0 Å². The van der Waals surface area contributed by atoms with Gasteiger partial charge in [0.05, 0.1) is 0 Å². The SMILES string of the molecule is CCc1cc(C(=O)NCc2ccc3c(c2)CNC3)n[nH]1. The van der Waals surface area contributed by atoms with Crippen LogP contribution in [0.1, 0.15) is 39.8 Å². The normalized spacial score (nSPS) is 13.2. The number of benzene rings is 1. The Morgan fingerprint density at radius 1 is 1.30 bits per heavy atom. The van der Waals surface area contributed by atoms with E-state index in [2.05, 4.69) is 39.0 Å². The van der Waals surface area contributed by atoms with Crippen LogP contribution >= 0.6 is 0 Å². The number of rotatable bonds is 4. The molecular weight excluding hydrogens is 252 g/mol. The minimum absolute atomic E-state index is 0.139. The molecule has 0 aliphatic carbocycles. The van der Waals surface area contributed by atoms with Crippen molar-refractivity contribution in [3.8, 4) is 0 Å². The zero-order valence-corrected chi connectivity index (χ0v) is 11.5. The van der Waals surface area contributed by atoms with E-state index in [9.17, 15) is 4.79 Å². The fourth-order valence-corrected chi connectivity index (χ4v) is 2.39. The van der Waals surface area contributed by atoms with Gasteiger partial charge in [-0.15, -0.1) is 0 Å². The maximum absolute atomic E-state index is 12.0. The van der Waals surface area contributed by atoms with Gasteiger partial charge in [0, 0.05) is 25.3 Å². The first-order valence-electron chi connectivity index (χ1n) is 6.90. The molecule has 2 aromatic rings. The Kier molecular flexibility index (Phi) is 3.52. The molecule has 0 atom stereocenters. The van der Waals surface area contributed by atoms with Crippen LogP contribution in [0.15, 0.2) is 24.3 Å². The number of carbonyl (C=O) groups excluding carboxylic acids is 1. The lowest BCUT2D eigenvalue weighted by molar-refractivity contribution is 0.0946. The Balaban J connectivity index is 1.63. The minimum Gasteiger partial charge on any atom is -0.347 e. The Bertz CT molecular complexity index is 633. The summed E-state index contributed by atoms with van der Waals surface area (Å²) in [7, 11) is 0. The van der Waals surface area contributed by atoms with Crippen LogP contribution in [0.5, 0.6) is 0 Å². The number of nitrogens with one attached hydrogen (secondary N) is 3. The van der Waals surface area contributed by atoms with E-state index >= 15 is 0 Å². The van der Waals surface area contributed by atoms with Gasteiger partial charge >= 0.3 is 0 Å². The van der Waals surface area contributed by atoms with Gasteiger partial charge in [-0.3, -0.25) is 9.89 Å². The van der Waals surface area contributed by atoms with Gasteiger partial charge in [0.1, 0.15) is 5.69 Å². The average Bonchev–Trinajstić information content (AvgIpc) is 3.12. The second-order valence-electron chi connectivity index (χ2n) is 5.02. The topological polar surface area (TPSA) is 69.8 Å². The van der Waals surface area contributed by atoms with E-state index in [1.54, 1.807) is 6.07 Å². The number of aromatic amines is 1. The van der Waals surface area contributed by atoms with Gasteiger partial charge < -0.3 is 10.6 Å². The summed E-state index contributed by atoms with van der Waals surface area (Å²) < 4.78 is 0. The third-order valence-electron chi connectivity index (χ3n) is 3.60. The first kappa shape index (κ1) is 12.9. The van der Waals surface area contributed by atoms with Gasteiger partial charge in [-0.25, -0.2) is 0 Å². The lowest BCUT2D eigenvalue weighted by Gasteiger charge is -2.05. The molecule has 104 valence electrons. The van der Waals surface area contributed by atoms with Crippen molar-refractivity contribution in [2.75, 3.05) is 0 Å². The van der Waals surface area contributed by atoms with Crippen molar-refractivity contribution in [3.05, 3.63) is 52.3 Å². The second-order valence-corrected chi connectivity index (χ2v) is 5.02. The van der Waals surface area contributed by atoms with Gasteiger partial charge in [0.25, 0.3) is 5.91 Å². The van der Waals surface area contributed by atoms with Crippen molar-refractivity contribution < 1.29 is 4.79 Å². The Labute approximate surface area is 117 Å². The maximum atomic E-state index is 12.0. The van der Waals surface area contributed by atoms with Crippen molar-refractivity contribution in [2.24, 2.45) is 0 Å². The number of H-pyrrole nitrogens is 1. The predicted octanol–water partition coefficient (Wildman–Crippen LogP) is 1.51. The van der Waals surface area contributed by atoms with Crippen LogP contribution in [-0.4, -0.2) is 16.1 Å². The Morgan fingerprint density at radius 2 is 2.15 bits per heavy atom. The van der Waals surface area contributed by atoms with Gasteiger partial charge in [-0.05, 0) is 29.2 Å². The lowest BCUT2D eigenvalue weighted by Crippen LogP contribution is -2.23. The third kappa shape index (κ3) is 2.58. The highest BCUT2D eigenvalue weighted by Crippen LogP contribution is 2.16. The van der Waals surface area contributed by atoms with Crippen LogP contribution in [-0.2, 0) is 26.1 Å². The van der Waals surface area contributed by atoms with Crippen LogP contribution in [0.2, 0.25) is 0 Å². The van der Waals surface area contributed by atoms with Crippen LogP contribution in [0.25, 0.3) is 0 Å². The molecule has 20 heavy (non-hydrogen) atoms. The zero-order chi connectivity index (χ0) is 13.9. The number of aryl methyl sites for hydroxylation is 1. The second kappa shape index (κ2) is 5.46. The lowest BCUT2D eigenvalue weighted by atomic mass is 10.1. The summed E-state index contributed by atoms with van der Waals surface area (Å²) in [6, 6.07) is 8.13. The number of hydrogen-bond donors (Lipinski definition) is 3. The molecule has 2 heterocycles. The molecule has 1 amide bonds. The molecule has 0 radical (unpaired) electrons. The Morgan fingerprint density at radius 3 is 2.95 bits per heavy atom. The van der Waals surface area contributed by atoms with Crippen LogP contribution in [0.3, 0.4) is 0 Å². The standard InChI is InChI=1S/C15H18N4O/c1-2-13-6-14(19-18-13)15(20)17-7-10-3-4-11-8-16-9-12(11)5-10/h3-6,16H,2,7-9H2,1H3,(H,17,20)(H,18,19). The van der Waals surface area contributed by atoms with Gasteiger partial charge in [-0.2, -0.15) is 5.10 Å². The van der Waals surface area contributed by atoms with E-state index in [1.165, 1.54) is 11.1 Å². The molecular formula is C15H18N4O. The molecule has 1 aliphatic rings. The molecule has 5 heteroatoms. The fraction of sp³-hybridized carbons (Fsp3) is 0.333. The molecule has 0 unspecified atom stereocenters. The number of fused-ring (bicyclic) bond motifs is 1. The molecule has 1 aliphatic heterocycles. The van der Waals surface area contributed by atoms with E-state index in [4.69, 9.17) is 0 Å². The summed E-state index contributed by atoms with van der Waals surface area (Å²) in [5.74, 6) is -0.139. The summed E-state index contributed by atoms with van der Waals surface area (Å²) in [5, 5.41) is 13.1. The van der Waals surface area contributed by atoms with Crippen molar-refractivity contribution in [1.82, 2.24) is 20.8 Å². The largest absolute Gasteiger partial charge is 0.347 e. The molecule has 1 aromatic heterocycles. The summed E-state index contributed by atoms with van der Waals surface area (Å²) in [5.41, 5.74) is 5.21. The van der Waals surface area contributed by atoms with E-state index in [1.807, 2.05) is 6.92 Å². The number of aromatic nitrogens is 2. The summed E-state index contributed by atoms with van der Waals surface area (Å²) in [4.78, 5) is 12.0. The molecule has 0 fully saturated rings. The minimum atomic E-state index is -0.139. The monoisotopic (exact) mass is 270 g/mol. The van der Waals surface area contributed by atoms with E-state index < -0.39 is 0 Å². The van der Waals surface area contributed by atoms with Crippen LogP contribution in [0, 0.1) is 0 Å². The maximum Gasteiger partial charge on any atom is 0.272 e. The van der Waals surface area contributed by atoms with E-state index in [-0.39, 0.29) is 5.91 Å². The molecule has 1 aromatic carbocycles. The van der Waals surface area contributed by atoms with Crippen molar-refractivity contribution in [2.45, 2.75) is 33.0 Å². The van der Waals surface area contributed by atoms with E-state index in [0.717, 1.165) is 30.8 Å². The highest BCUT2D eigenvalue weighted by atomic mass is 16.1. The number of hydrogen-bond acceptors (Lipinski definition) is 3. The predicted molar refractivity (Wildman–Crippen MR) is 76.1 cm³/mol. The molecule has 0 saturated carbocycles. The summed E-state index contributed by atoms with van der Waals surface area (Å²) >= 11 is 0. The van der Waals surface area contributed by atoms with Crippen molar-refractivity contribution >= 4 is 5.91 Å². The molecule has 5 nitrogen and oxygen atoms in total. The average molecular weight is 270 g/mol. The number of carbonyl (C=O) groups is 1. The summed E-state index contributed by atoms with van der Waals surface area (Å²) in [6.07, 6.45) is 0.845. The smallest absolute Gasteiger partial charge is 0.272 e. The first-order chi connectivity index (χ1) is 9.76. The Hall–Kier alpha value is -2.14. The molecule has 0 saturated heterocycles.